The highest BCUT2D eigenvalue weighted by atomic mass is 19.1. The van der Waals surface area contributed by atoms with E-state index in [9.17, 15) is 14.3 Å². The first-order valence-corrected chi connectivity index (χ1v) is 6.85. The van der Waals surface area contributed by atoms with Gasteiger partial charge in [0.1, 0.15) is 5.82 Å². The molecule has 1 aliphatic rings. The van der Waals surface area contributed by atoms with Crippen LogP contribution in [-0.4, -0.2) is 15.8 Å². The van der Waals surface area contributed by atoms with Crippen LogP contribution in [0.5, 0.6) is 0 Å². The van der Waals surface area contributed by atoms with Gasteiger partial charge >= 0.3 is 0 Å². The minimum atomic E-state index is -0.410. The van der Waals surface area contributed by atoms with Gasteiger partial charge in [0, 0.05) is 18.3 Å². The highest BCUT2D eigenvalue weighted by molar-refractivity contribution is 5.01. The Morgan fingerprint density at radius 3 is 2.63 bits per heavy atom. The number of aromatic nitrogens is 1. The van der Waals surface area contributed by atoms with E-state index in [0.29, 0.717) is 6.42 Å². The standard InChI is InChI=1S/C15H22FNO2/c1-15(2,3)12-6-5-11(18)8-13(12)17-9-10(16)4-7-14(17)19/h4,7,9,11-13,18H,5-6,8H2,1-3H3. The van der Waals surface area contributed by atoms with Crippen LogP contribution in [0.1, 0.15) is 46.1 Å². The van der Waals surface area contributed by atoms with Crippen molar-refractivity contribution in [2.45, 2.75) is 52.2 Å². The molecule has 2 rings (SSSR count). The molecule has 0 saturated heterocycles. The van der Waals surface area contributed by atoms with E-state index >= 15 is 0 Å². The molecule has 1 N–H and O–H groups in total. The van der Waals surface area contributed by atoms with E-state index < -0.39 is 11.9 Å². The smallest absolute Gasteiger partial charge is 0.250 e. The number of hydrogen-bond donors (Lipinski definition) is 1. The number of aliphatic hydroxyl groups is 1. The normalized spacial score (nSPS) is 28.4. The van der Waals surface area contributed by atoms with E-state index in [0.717, 1.165) is 12.8 Å². The topological polar surface area (TPSA) is 42.2 Å². The molecule has 1 heterocycles. The Morgan fingerprint density at radius 2 is 2.00 bits per heavy atom. The summed E-state index contributed by atoms with van der Waals surface area (Å²) in [6, 6.07) is 2.31. The third-order valence-electron chi connectivity index (χ3n) is 4.16. The molecule has 1 saturated carbocycles. The fourth-order valence-corrected chi connectivity index (χ4v) is 3.18. The third kappa shape index (κ3) is 3.06. The SMILES string of the molecule is CC(C)(C)C1CCC(O)CC1n1cc(F)ccc1=O. The monoisotopic (exact) mass is 267 g/mol. The molecule has 3 atom stereocenters. The number of aliphatic hydroxyl groups excluding tert-OH is 1. The molecular formula is C15H22FNO2. The average molecular weight is 267 g/mol. The lowest BCUT2D eigenvalue weighted by Crippen LogP contribution is -2.40. The molecular weight excluding hydrogens is 245 g/mol. The summed E-state index contributed by atoms with van der Waals surface area (Å²) < 4.78 is 14.9. The van der Waals surface area contributed by atoms with Gasteiger partial charge in [-0.3, -0.25) is 4.79 Å². The molecule has 1 aromatic heterocycles. The van der Waals surface area contributed by atoms with Crippen LogP contribution in [0.2, 0.25) is 0 Å². The van der Waals surface area contributed by atoms with Gasteiger partial charge in [0.05, 0.1) is 6.10 Å². The van der Waals surface area contributed by atoms with Crippen LogP contribution in [-0.2, 0) is 0 Å². The predicted octanol–water partition coefficient (Wildman–Crippen LogP) is 2.74. The Balaban J connectivity index is 2.42. The summed E-state index contributed by atoms with van der Waals surface area (Å²) in [4.78, 5) is 12.0. The van der Waals surface area contributed by atoms with Gasteiger partial charge in [0.2, 0.25) is 0 Å². The Bertz CT molecular complexity index is 504. The molecule has 0 aromatic carbocycles. The van der Waals surface area contributed by atoms with Crippen molar-refractivity contribution in [1.82, 2.24) is 4.57 Å². The molecule has 0 bridgehead atoms. The number of pyridine rings is 1. The molecule has 19 heavy (non-hydrogen) atoms. The molecule has 3 unspecified atom stereocenters. The fraction of sp³-hybridized carbons (Fsp3) is 0.667. The Hall–Kier alpha value is -1.16. The quantitative estimate of drug-likeness (QED) is 0.850. The molecule has 1 aromatic rings. The first kappa shape index (κ1) is 14.3. The number of halogens is 1. The van der Waals surface area contributed by atoms with Gasteiger partial charge in [-0.05, 0) is 36.7 Å². The van der Waals surface area contributed by atoms with E-state index in [1.807, 2.05) is 0 Å². The Labute approximate surface area is 113 Å². The van der Waals surface area contributed by atoms with E-state index in [4.69, 9.17) is 0 Å². The second-order valence-electron chi connectivity index (χ2n) is 6.60. The maximum absolute atomic E-state index is 13.4. The van der Waals surface area contributed by atoms with Crippen molar-refractivity contribution in [3.63, 3.8) is 0 Å². The van der Waals surface area contributed by atoms with Crippen molar-refractivity contribution in [1.29, 1.82) is 0 Å². The van der Waals surface area contributed by atoms with Crippen molar-refractivity contribution in [3.05, 3.63) is 34.5 Å². The number of rotatable bonds is 1. The van der Waals surface area contributed by atoms with Gasteiger partial charge in [-0.25, -0.2) is 4.39 Å². The molecule has 1 fully saturated rings. The maximum atomic E-state index is 13.4. The highest BCUT2D eigenvalue weighted by Gasteiger charge is 2.38. The molecule has 0 spiro atoms. The first-order valence-electron chi connectivity index (χ1n) is 6.85. The van der Waals surface area contributed by atoms with Gasteiger partial charge in [-0.1, -0.05) is 20.8 Å². The molecule has 0 radical (unpaired) electrons. The zero-order valence-corrected chi connectivity index (χ0v) is 11.8. The highest BCUT2D eigenvalue weighted by Crippen LogP contribution is 2.43. The van der Waals surface area contributed by atoms with Crippen LogP contribution in [0, 0.1) is 17.2 Å². The second-order valence-corrected chi connectivity index (χ2v) is 6.60. The maximum Gasteiger partial charge on any atom is 0.250 e. The summed E-state index contributed by atoms with van der Waals surface area (Å²) in [6.45, 7) is 6.39. The van der Waals surface area contributed by atoms with Crippen molar-refractivity contribution >= 4 is 0 Å². The zero-order chi connectivity index (χ0) is 14.2. The molecule has 1 aliphatic carbocycles. The summed E-state index contributed by atoms with van der Waals surface area (Å²) in [5.74, 6) is -0.150. The van der Waals surface area contributed by atoms with Crippen molar-refractivity contribution < 1.29 is 9.50 Å². The first-order chi connectivity index (χ1) is 8.79. The zero-order valence-electron chi connectivity index (χ0n) is 11.8. The van der Waals surface area contributed by atoms with Crippen LogP contribution >= 0.6 is 0 Å². The fourth-order valence-electron chi connectivity index (χ4n) is 3.18. The lowest BCUT2D eigenvalue weighted by molar-refractivity contribution is 0.0284. The van der Waals surface area contributed by atoms with E-state index in [2.05, 4.69) is 20.8 Å². The summed E-state index contributed by atoms with van der Waals surface area (Å²) >= 11 is 0. The molecule has 106 valence electrons. The number of hydrogen-bond acceptors (Lipinski definition) is 2. The number of nitrogens with zero attached hydrogens (tertiary/aromatic N) is 1. The minimum Gasteiger partial charge on any atom is -0.393 e. The predicted molar refractivity (Wildman–Crippen MR) is 72.5 cm³/mol. The minimum absolute atomic E-state index is 0.0244. The van der Waals surface area contributed by atoms with Gasteiger partial charge in [0.25, 0.3) is 5.56 Å². The Morgan fingerprint density at radius 1 is 1.32 bits per heavy atom. The summed E-state index contributed by atoms with van der Waals surface area (Å²) in [5, 5.41) is 9.88. The van der Waals surface area contributed by atoms with Crippen LogP contribution in [0.3, 0.4) is 0 Å². The molecule has 0 amide bonds. The van der Waals surface area contributed by atoms with Gasteiger partial charge in [-0.2, -0.15) is 0 Å². The summed E-state index contributed by atoms with van der Waals surface area (Å²) in [6.07, 6.45) is 2.99. The van der Waals surface area contributed by atoms with E-state index in [-0.39, 0.29) is 22.9 Å². The second kappa shape index (κ2) is 5.08. The van der Waals surface area contributed by atoms with Crippen molar-refractivity contribution in [3.8, 4) is 0 Å². The van der Waals surface area contributed by atoms with Crippen molar-refractivity contribution in [2.75, 3.05) is 0 Å². The van der Waals surface area contributed by atoms with Crippen LogP contribution in [0.25, 0.3) is 0 Å². The van der Waals surface area contributed by atoms with E-state index in [1.54, 1.807) is 0 Å². The van der Waals surface area contributed by atoms with Crippen molar-refractivity contribution in [2.24, 2.45) is 11.3 Å². The third-order valence-corrected chi connectivity index (χ3v) is 4.16. The largest absolute Gasteiger partial charge is 0.393 e. The lowest BCUT2D eigenvalue weighted by atomic mass is 9.69. The summed E-state index contributed by atoms with van der Waals surface area (Å²) in [5.41, 5.74) is -0.175. The van der Waals surface area contributed by atoms with Gasteiger partial charge < -0.3 is 9.67 Å². The van der Waals surface area contributed by atoms with Crippen LogP contribution < -0.4 is 5.56 Å². The lowest BCUT2D eigenvalue weighted by Gasteiger charge is -2.42. The van der Waals surface area contributed by atoms with Gasteiger partial charge in [0.15, 0.2) is 0 Å². The molecule has 4 heteroatoms. The van der Waals surface area contributed by atoms with E-state index in [1.165, 1.54) is 22.9 Å². The molecule has 0 aliphatic heterocycles. The van der Waals surface area contributed by atoms with Crippen LogP contribution in [0.4, 0.5) is 4.39 Å². The Kier molecular flexibility index (Phi) is 3.81. The van der Waals surface area contributed by atoms with Gasteiger partial charge in [-0.15, -0.1) is 0 Å². The average Bonchev–Trinajstić information content (AvgIpc) is 2.30. The summed E-state index contributed by atoms with van der Waals surface area (Å²) in [7, 11) is 0. The molecule has 3 nitrogen and oxygen atoms in total. The van der Waals surface area contributed by atoms with Crippen LogP contribution in [0.15, 0.2) is 23.1 Å².